The lowest BCUT2D eigenvalue weighted by Crippen LogP contribution is -2.22. The first-order valence-corrected chi connectivity index (χ1v) is 9.10. The summed E-state index contributed by atoms with van der Waals surface area (Å²) in [6, 6.07) is 21.3. The molecule has 0 unspecified atom stereocenters. The maximum absolute atomic E-state index is 12.6. The molecule has 0 spiro atoms. The summed E-state index contributed by atoms with van der Waals surface area (Å²) in [4.78, 5) is 16.7. The first-order chi connectivity index (χ1) is 12.8. The van der Waals surface area contributed by atoms with Crippen LogP contribution in [0.15, 0.2) is 78.3 Å². The van der Waals surface area contributed by atoms with E-state index in [2.05, 4.69) is 10.3 Å². The van der Waals surface area contributed by atoms with Crippen LogP contribution in [-0.2, 0) is 6.54 Å². The van der Waals surface area contributed by atoms with Crippen LogP contribution in [-0.4, -0.2) is 10.9 Å². The molecule has 1 amide bonds. The fraction of sp³-hybridized carbons (Fsp3) is 0.0476. The number of ether oxygens (including phenoxy) is 1. The van der Waals surface area contributed by atoms with Gasteiger partial charge in [-0.05, 0) is 34.5 Å². The molecule has 0 aliphatic carbocycles. The second kappa shape index (κ2) is 7.37. The minimum absolute atomic E-state index is 0.0788. The van der Waals surface area contributed by atoms with Crippen molar-refractivity contribution < 1.29 is 9.53 Å². The summed E-state index contributed by atoms with van der Waals surface area (Å²) in [7, 11) is 0. The fourth-order valence-corrected chi connectivity index (χ4v) is 3.24. The number of carbonyl (C=O) groups is 1. The molecule has 5 heteroatoms. The number of carbonyl (C=O) groups excluding carboxylic acids is 1. The van der Waals surface area contributed by atoms with E-state index in [1.54, 1.807) is 6.20 Å². The first-order valence-electron chi connectivity index (χ1n) is 8.22. The van der Waals surface area contributed by atoms with Gasteiger partial charge in [-0.25, -0.2) is 4.98 Å². The van der Waals surface area contributed by atoms with Crippen molar-refractivity contribution in [1.29, 1.82) is 0 Å². The molecule has 4 nitrogen and oxygen atoms in total. The highest BCUT2D eigenvalue weighted by atomic mass is 32.1. The van der Waals surface area contributed by atoms with Gasteiger partial charge in [-0.1, -0.05) is 59.9 Å². The van der Waals surface area contributed by atoms with E-state index in [0.717, 1.165) is 22.1 Å². The van der Waals surface area contributed by atoms with E-state index < -0.39 is 0 Å². The van der Waals surface area contributed by atoms with Gasteiger partial charge < -0.3 is 10.1 Å². The van der Waals surface area contributed by atoms with Gasteiger partial charge in [0, 0.05) is 23.7 Å². The number of aromatic nitrogens is 1. The topological polar surface area (TPSA) is 51.2 Å². The average molecular weight is 360 g/mol. The Bertz CT molecular complexity index is 1020. The van der Waals surface area contributed by atoms with Crippen molar-refractivity contribution >= 4 is 28.0 Å². The van der Waals surface area contributed by atoms with Crippen LogP contribution in [0.1, 0.15) is 15.9 Å². The summed E-state index contributed by atoms with van der Waals surface area (Å²) in [6.07, 6.45) is 1.71. The predicted molar refractivity (Wildman–Crippen MR) is 104 cm³/mol. The molecule has 0 saturated carbocycles. The number of amides is 1. The Kier molecular flexibility index (Phi) is 4.62. The molecule has 26 heavy (non-hydrogen) atoms. The molecular weight excluding hydrogens is 344 g/mol. The third-order valence-electron chi connectivity index (χ3n) is 4.03. The maximum atomic E-state index is 12.6. The lowest BCUT2D eigenvalue weighted by molar-refractivity contribution is 0.0952. The van der Waals surface area contributed by atoms with Crippen LogP contribution in [0.5, 0.6) is 10.9 Å². The zero-order valence-corrected chi connectivity index (χ0v) is 14.7. The molecule has 4 aromatic rings. The zero-order chi connectivity index (χ0) is 17.8. The number of hydrogen-bond donors (Lipinski definition) is 1. The van der Waals surface area contributed by atoms with Gasteiger partial charge in [-0.2, -0.15) is 0 Å². The first kappa shape index (κ1) is 16.3. The van der Waals surface area contributed by atoms with Crippen molar-refractivity contribution in [2.75, 3.05) is 0 Å². The Balaban J connectivity index is 1.42. The van der Waals surface area contributed by atoms with Crippen molar-refractivity contribution in [2.24, 2.45) is 0 Å². The summed E-state index contributed by atoms with van der Waals surface area (Å²) in [6.45, 7) is 0.458. The number of rotatable bonds is 5. The Morgan fingerprint density at radius 3 is 2.62 bits per heavy atom. The third kappa shape index (κ3) is 3.58. The average Bonchev–Trinajstić information content (AvgIpc) is 3.20. The van der Waals surface area contributed by atoms with Gasteiger partial charge in [0.15, 0.2) is 0 Å². The van der Waals surface area contributed by atoms with Gasteiger partial charge in [0.25, 0.3) is 11.1 Å². The molecule has 0 aliphatic rings. The molecule has 4 rings (SSSR count). The predicted octanol–water partition coefficient (Wildman–Crippen LogP) is 5.02. The molecule has 0 aliphatic heterocycles. The smallest absolute Gasteiger partial charge is 0.278 e. The third-order valence-corrected chi connectivity index (χ3v) is 4.67. The molecular formula is C21H16N2O2S. The second-order valence-corrected chi connectivity index (χ2v) is 6.61. The van der Waals surface area contributed by atoms with Gasteiger partial charge in [0.1, 0.15) is 5.75 Å². The minimum Gasteiger partial charge on any atom is -0.431 e. The molecule has 0 saturated heterocycles. The van der Waals surface area contributed by atoms with E-state index in [0.29, 0.717) is 17.3 Å². The lowest BCUT2D eigenvalue weighted by atomic mass is 10.0. The summed E-state index contributed by atoms with van der Waals surface area (Å²) in [5.41, 5.74) is 1.69. The van der Waals surface area contributed by atoms with Crippen LogP contribution in [0.25, 0.3) is 10.8 Å². The number of nitrogens with zero attached hydrogens (tertiary/aromatic N) is 1. The molecule has 0 atom stereocenters. The molecule has 1 heterocycles. The van der Waals surface area contributed by atoms with Crippen LogP contribution in [0.2, 0.25) is 0 Å². The minimum atomic E-state index is -0.0788. The Hall–Kier alpha value is -3.18. The van der Waals surface area contributed by atoms with Crippen molar-refractivity contribution in [3.05, 3.63) is 89.4 Å². The molecule has 128 valence electrons. The van der Waals surface area contributed by atoms with Crippen LogP contribution in [0, 0.1) is 0 Å². The largest absolute Gasteiger partial charge is 0.431 e. The molecule has 0 bridgehead atoms. The van der Waals surface area contributed by atoms with Crippen molar-refractivity contribution in [3.8, 4) is 10.9 Å². The van der Waals surface area contributed by atoms with E-state index >= 15 is 0 Å². The van der Waals surface area contributed by atoms with E-state index in [1.165, 1.54) is 11.3 Å². The van der Waals surface area contributed by atoms with Crippen LogP contribution in [0.4, 0.5) is 0 Å². The van der Waals surface area contributed by atoms with E-state index in [9.17, 15) is 4.79 Å². The second-order valence-electron chi connectivity index (χ2n) is 5.75. The zero-order valence-electron chi connectivity index (χ0n) is 13.9. The molecule has 0 radical (unpaired) electrons. The van der Waals surface area contributed by atoms with E-state index in [4.69, 9.17) is 4.74 Å². The molecule has 3 aromatic carbocycles. The van der Waals surface area contributed by atoms with Crippen molar-refractivity contribution in [2.45, 2.75) is 6.54 Å². The Labute approximate surface area is 155 Å². The monoisotopic (exact) mass is 360 g/mol. The SMILES string of the molecule is O=C(NCc1ccc(Oc2nccs2)cc1)c1cccc2ccccc12. The number of hydrogen-bond acceptors (Lipinski definition) is 4. The highest BCUT2D eigenvalue weighted by molar-refractivity contribution is 7.11. The number of nitrogens with one attached hydrogen (secondary N) is 1. The van der Waals surface area contributed by atoms with E-state index in [1.807, 2.05) is 72.1 Å². The van der Waals surface area contributed by atoms with Gasteiger partial charge in [-0.15, -0.1) is 0 Å². The van der Waals surface area contributed by atoms with Gasteiger partial charge in [-0.3, -0.25) is 4.79 Å². The summed E-state index contributed by atoms with van der Waals surface area (Å²) >= 11 is 1.44. The highest BCUT2D eigenvalue weighted by Gasteiger charge is 2.09. The summed E-state index contributed by atoms with van der Waals surface area (Å²) < 4.78 is 5.64. The van der Waals surface area contributed by atoms with Crippen LogP contribution >= 0.6 is 11.3 Å². The molecule has 1 N–H and O–H groups in total. The van der Waals surface area contributed by atoms with Crippen molar-refractivity contribution in [3.63, 3.8) is 0 Å². The highest BCUT2D eigenvalue weighted by Crippen LogP contribution is 2.23. The van der Waals surface area contributed by atoms with Gasteiger partial charge >= 0.3 is 0 Å². The Morgan fingerprint density at radius 2 is 1.81 bits per heavy atom. The molecule has 1 aromatic heterocycles. The number of benzene rings is 3. The van der Waals surface area contributed by atoms with Crippen molar-refractivity contribution in [1.82, 2.24) is 10.3 Å². The normalized spacial score (nSPS) is 10.6. The Morgan fingerprint density at radius 1 is 1.00 bits per heavy atom. The summed E-state index contributed by atoms with van der Waals surface area (Å²) in [5, 5.41) is 7.48. The van der Waals surface area contributed by atoms with Crippen LogP contribution < -0.4 is 10.1 Å². The summed E-state index contributed by atoms with van der Waals surface area (Å²) in [5.74, 6) is 0.647. The lowest BCUT2D eigenvalue weighted by Gasteiger charge is -2.09. The van der Waals surface area contributed by atoms with Gasteiger partial charge in [0.2, 0.25) is 0 Å². The van der Waals surface area contributed by atoms with Crippen LogP contribution in [0.3, 0.4) is 0 Å². The molecule has 0 fully saturated rings. The number of thiazole rings is 1. The fourth-order valence-electron chi connectivity index (χ4n) is 2.74. The van der Waals surface area contributed by atoms with E-state index in [-0.39, 0.29) is 5.91 Å². The van der Waals surface area contributed by atoms with Gasteiger partial charge in [0.05, 0.1) is 0 Å². The standard InChI is InChI=1S/C21H16N2O2S/c24-20(19-7-3-5-16-4-1-2-6-18(16)19)23-14-15-8-10-17(11-9-15)25-21-22-12-13-26-21/h1-13H,14H2,(H,23,24). The maximum Gasteiger partial charge on any atom is 0.278 e. The quantitative estimate of drug-likeness (QED) is 0.544. The number of fused-ring (bicyclic) bond motifs is 1.